The molecule has 1 atom stereocenters. The van der Waals surface area contributed by atoms with Crippen LogP contribution in [0.3, 0.4) is 0 Å². The third-order valence-electron chi connectivity index (χ3n) is 4.04. The van der Waals surface area contributed by atoms with Crippen molar-refractivity contribution in [3.8, 4) is 0 Å². The predicted octanol–water partition coefficient (Wildman–Crippen LogP) is 2.26. The number of hydrazine groups is 1. The third kappa shape index (κ3) is 2.79. The van der Waals surface area contributed by atoms with Crippen molar-refractivity contribution in [2.75, 3.05) is 6.61 Å². The number of nitrogens with one attached hydrogen (secondary N) is 1. The fraction of sp³-hybridized carbons (Fsp3) is 1.00. The van der Waals surface area contributed by atoms with Gasteiger partial charge in [0, 0.05) is 26.4 Å². The number of nitroso groups, excluding NO2 is 1. The van der Waals surface area contributed by atoms with Crippen LogP contribution in [0.1, 0.15) is 54.4 Å². The Morgan fingerprint density at radius 2 is 1.76 bits per heavy atom. The van der Waals surface area contributed by atoms with Gasteiger partial charge in [-0.2, -0.15) is 0 Å². The second kappa shape index (κ2) is 4.23. The quantitative estimate of drug-likeness (QED) is 0.731. The number of aliphatic hydroxyl groups is 1. The first-order valence-corrected chi connectivity index (χ1v) is 6.39. The third-order valence-corrected chi connectivity index (χ3v) is 4.04. The second-order valence-electron chi connectivity index (χ2n) is 7.17. The first-order valence-electron chi connectivity index (χ1n) is 6.39. The summed E-state index contributed by atoms with van der Waals surface area (Å²) in [6.45, 7) is 12.5. The predicted molar refractivity (Wildman–Crippen MR) is 68.5 cm³/mol. The molecule has 1 aliphatic heterocycles. The van der Waals surface area contributed by atoms with Crippen LogP contribution in [0.25, 0.3) is 0 Å². The van der Waals surface area contributed by atoms with Crippen LogP contribution in [-0.2, 0) is 0 Å². The summed E-state index contributed by atoms with van der Waals surface area (Å²) in [5, 5.41) is 9.25. The van der Waals surface area contributed by atoms with Gasteiger partial charge in [0.2, 0.25) is 5.54 Å². The number of nitrogens with zero attached hydrogens (tertiary/aromatic N) is 1. The van der Waals surface area contributed by atoms with Crippen molar-refractivity contribution in [2.24, 2.45) is 11.3 Å². The molecule has 4 heteroatoms. The molecule has 0 aromatic heterocycles. The lowest BCUT2D eigenvalue weighted by Crippen LogP contribution is -2.52. The van der Waals surface area contributed by atoms with Crippen LogP contribution in [0.5, 0.6) is 0 Å². The highest BCUT2D eigenvalue weighted by molar-refractivity contribution is 4.96. The van der Waals surface area contributed by atoms with E-state index in [9.17, 15) is 10.0 Å². The normalized spacial score (nSPS) is 30.5. The van der Waals surface area contributed by atoms with E-state index >= 15 is 0 Å². The molecule has 1 saturated heterocycles. The number of aliphatic hydroxyl groups excluding tert-OH is 1. The molecule has 1 unspecified atom stereocenters. The van der Waals surface area contributed by atoms with E-state index in [0.29, 0.717) is 6.42 Å². The standard InChI is InChI=1S/C13H27N2O2/c1-11(2)9-12(3,4)14-15(17)13(5,6)10(11)7-8-16/h10,16H,7-9H2,1-6H3,(H,14,17)/q+1. The van der Waals surface area contributed by atoms with Gasteiger partial charge < -0.3 is 5.11 Å². The summed E-state index contributed by atoms with van der Waals surface area (Å²) in [6, 6.07) is 0. The van der Waals surface area contributed by atoms with Gasteiger partial charge in [0.25, 0.3) is 0 Å². The fourth-order valence-electron chi connectivity index (χ4n) is 3.69. The Morgan fingerprint density at radius 1 is 1.24 bits per heavy atom. The topological polar surface area (TPSA) is 52.3 Å². The molecule has 1 aliphatic rings. The molecule has 1 fully saturated rings. The SMILES string of the molecule is CC1(C)CC(C)(C)C(CCO)C(C)(C)[N+](=O)N1. The van der Waals surface area contributed by atoms with Crippen molar-refractivity contribution in [1.29, 1.82) is 0 Å². The van der Waals surface area contributed by atoms with Crippen molar-refractivity contribution < 1.29 is 9.98 Å². The van der Waals surface area contributed by atoms with E-state index in [0.717, 1.165) is 11.3 Å². The lowest BCUT2D eigenvalue weighted by molar-refractivity contribution is -0.686. The Labute approximate surface area is 104 Å². The molecule has 4 nitrogen and oxygen atoms in total. The van der Waals surface area contributed by atoms with E-state index in [1.54, 1.807) is 0 Å². The van der Waals surface area contributed by atoms with Crippen LogP contribution in [0.4, 0.5) is 0 Å². The van der Waals surface area contributed by atoms with Gasteiger partial charge in [0.05, 0.1) is 10.4 Å². The first-order chi connectivity index (χ1) is 7.53. The fourth-order valence-corrected chi connectivity index (χ4v) is 3.69. The summed E-state index contributed by atoms with van der Waals surface area (Å²) >= 11 is 0. The zero-order chi connectivity index (χ0) is 13.5. The van der Waals surface area contributed by atoms with Gasteiger partial charge in [-0.05, 0) is 32.1 Å². The van der Waals surface area contributed by atoms with E-state index in [-0.39, 0.29) is 23.5 Å². The maximum absolute atomic E-state index is 12.2. The van der Waals surface area contributed by atoms with Crippen molar-refractivity contribution >= 4 is 0 Å². The molecule has 100 valence electrons. The Morgan fingerprint density at radius 3 is 2.24 bits per heavy atom. The lowest BCUT2D eigenvalue weighted by Gasteiger charge is -2.37. The zero-order valence-electron chi connectivity index (χ0n) is 12.0. The van der Waals surface area contributed by atoms with Gasteiger partial charge >= 0.3 is 0 Å². The van der Waals surface area contributed by atoms with E-state index in [1.807, 2.05) is 13.8 Å². The molecule has 0 saturated carbocycles. The molecule has 0 aliphatic carbocycles. The number of hydrogen-bond donors (Lipinski definition) is 2. The summed E-state index contributed by atoms with van der Waals surface area (Å²) < 4.78 is 0. The minimum atomic E-state index is -0.514. The zero-order valence-corrected chi connectivity index (χ0v) is 12.0. The Bertz CT molecular complexity index is 309. The minimum Gasteiger partial charge on any atom is -0.396 e. The van der Waals surface area contributed by atoms with Crippen LogP contribution in [0, 0.1) is 16.2 Å². The maximum atomic E-state index is 12.2. The highest BCUT2D eigenvalue weighted by atomic mass is 16.3. The summed E-state index contributed by atoms with van der Waals surface area (Å²) in [7, 11) is 0. The van der Waals surface area contributed by atoms with Gasteiger partial charge in [-0.1, -0.05) is 13.8 Å². The Hall–Kier alpha value is -0.640. The van der Waals surface area contributed by atoms with Gasteiger partial charge in [-0.25, -0.2) is 0 Å². The number of hydrogen-bond acceptors (Lipinski definition) is 2. The smallest absolute Gasteiger partial charge is 0.241 e. The van der Waals surface area contributed by atoms with Crippen LogP contribution >= 0.6 is 0 Å². The largest absolute Gasteiger partial charge is 0.396 e. The molecule has 2 N–H and O–H groups in total. The molecule has 0 radical (unpaired) electrons. The minimum absolute atomic E-state index is 0.0158. The highest BCUT2D eigenvalue weighted by Crippen LogP contribution is 2.46. The monoisotopic (exact) mass is 243 g/mol. The second-order valence-corrected chi connectivity index (χ2v) is 7.17. The summed E-state index contributed by atoms with van der Waals surface area (Å²) in [5.41, 5.74) is 2.33. The van der Waals surface area contributed by atoms with Crippen LogP contribution in [0.15, 0.2) is 0 Å². The summed E-state index contributed by atoms with van der Waals surface area (Å²) in [4.78, 5) is 13.2. The van der Waals surface area contributed by atoms with Crippen LogP contribution in [0.2, 0.25) is 0 Å². The lowest BCUT2D eigenvalue weighted by atomic mass is 9.64. The summed E-state index contributed by atoms with van der Waals surface area (Å²) in [5.74, 6) is 0.159. The van der Waals surface area contributed by atoms with E-state index in [2.05, 4.69) is 33.1 Å². The van der Waals surface area contributed by atoms with Gasteiger partial charge in [0.1, 0.15) is 4.87 Å². The highest BCUT2D eigenvalue weighted by Gasteiger charge is 2.56. The molecule has 1 rings (SSSR count). The van der Waals surface area contributed by atoms with Gasteiger partial charge in [-0.15, -0.1) is 5.43 Å². The van der Waals surface area contributed by atoms with Crippen LogP contribution in [-0.4, -0.2) is 27.7 Å². The molecule has 17 heavy (non-hydrogen) atoms. The molecule has 0 amide bonds. The summed E-state index contributed by atoms with van der Waals surface area (Å²) in [6.07, 6.45) is 1.57. The Balaban J connectivity index is 3.18. The van der Waals surface area contributed by atoms with Crippen molar-refractivity contribution in [3.63, 3.8) is 0 Å². The average molecular weight is 243 g/mol. The van der Waals surface area contributed by atoms with Crippen molar-refractivity contribution in [1.82, 2.24) is 5.43 Å². The molecule has 1 heterocycles. The molecule has 0 spiro atoms. The Kier molecular flexibility index (Phi) is 3.59. The molecular weight excluding hydrogens is 216 g/mol. The van der Waals surface area contributed by atoms with Crippen molar-refractivity contribution in [3.05, 3.63) is 4.91 Å². The molecule has 0 aromatic rings. The average Bonchev–Trinajstić information content (AvgIpc) is 2.13. The molecular formula is C13H27N2O2+. The molecule has 0 aromatic carbocycles. The molecule has 0 bridgehead atoms. The van der Waals surface area contributed by atoms with Gasteiger partial charge in [0.15, 0.2) is 0 Å². The van der Waals surface area contributed by atoms with E-state index in [1.165, 1.54) is 0 Å². The number of rotatable bonds is 2. The maximum Gasteiger partial charge on any atom is 0.241 e. The van der Waals surface area contributed by atoms with Crippen molar-refractivity contribution in [2.45, 2.75) is 65.5 Å². The van der Waals surface area contributed by atoms with E-state index < -0.39 is 5.54 Å². The van der Waals surface area contributed by atoms with Crippen LogP contribution < -0.4 is 5.43 Å². The van der Waals surface area contributed by atoms with E-state index in [4.69, 9.17) is 0 Å². The van der Waals surface area contributed by atoms with Gasteiger partial charge in [-0.3, -0.25) is 0 Å². The first kappa shape index (κ1) is 14.4.